The third-order valence-corrected chi connectivity index (χ3v) is 3.88. The maximum absolute atomic E-state index is 12.4. The van der Waals surface area contributed by atoms with Gasteiger partial charge < -0.3 is 15.3 Å². The van der Waals surface area contributed by atoms with Crippen molar-refractivity contribution < 1.29 is 9.90 Å². The highest BCUT2D eigenvalue weighted by Gasteiger charge is 2.24. The molecule has 0 heterocycles. The van der Waals surface area contributed by atoms with Crippen LogP contribution in [0.3, 0.4) is 0 Å². The summed E-state index contributed by atoms with van der Waals surface area (Å²) in [5.41, 5.74) is 1.23. The predicted molar refractivity (Wildman–Crippen MR) is 80.8 cm³/mol. The molecule has 1 saturated carbocycles. The standard InChI is InChI=1S/C16H21N3O2/c17-12-13-6-8-14(9-7-13)18-16(21)19(10-11-20)15-4-2-1-3-5-15/h6-9,15,20H,1-5,10-11H2,(H,18,21). The minimum atomic E-state index is -0.180. The van der Waals surface area contributed by atoms with E-state index in [1.165, 1.54) is 6.42 Å². The van der Waals surface area contributed by atoms with Gasteiger partial charge in [0.2, 0.25) is 0 Å². The molecule has 21 heavy (non-hydrogen) atoms. The zero-order valence-corrected chi connectivity index (χ0v) is 12.1. The van der Waals surface area contributed by atoms with Gasteiger partial charge in [0.25, 0.3) is 0 Å². The Hall–Kier alpha value is -2.06. The number of benzene rings is 1. The molecule has 1 aliphatic carbocycles. The SMILES string of the molecule is N#Cc1ccc(NC(=O)N(CCO)C2CCCCC2)cc1. The number of aliphatic hydroxyl groups excluding tert-OH is 1. The maximum Gasteiger partial charge on any atom is 0.322 e. The molecule has 2 rings (SSSR count). The molecule has 0 radical (unpaired) electrons. The van der Waals surface area contributed by atoms with Crippen LogP contribution < -0.4 is 5.32 Å². The Morgan fingerprint density at radius 3 is 2.52 bits per heavy atom. The number of hydrogen-bond acceptors (Lipinski definition) is 3. The topological polar surface area (TPSA) is 76.4 Å². The van der Waals surface area contributed by atoms with Crippen molar-refractivity contribution in [3.05, 3.63) is 29.8 Å². The van der Waals surface area contributed by atoms with Gasteiger partial charge >= 0.3 is 6.03 Å². The van der Waals surface area contributed by atoms with Crippen LogP contribution in [0.25, 0.3) is 0 Å². The van der Waals surface area contributed by atoms with Crippen LogP contribution >= 0.6 is 0 Å². The quantitative estimate of drug-likeness (QED) is 0.894. The number of rotatable bonds is 4. The summed E-state index contributed by atoms with van der Waals surface area (Å²) in [5.74, 6) is 0. The van der Waals surface area contributed by atoms with Gasteiger partial charge in [-0.1, -0.05) is 19.3 Å². The van der Waals surface area contributed by atoms with Crippen LogP contribution in [0.15, 0.2) is 24.3 Å². The number of urea groups is 1. The van der Waals surface area contributed by atoms with E-state index in [1.54, 1.807) is 29.2 Å². The highest BCUT2D eigenvalue weighted by Crippen LogP contribution is 2.23. The van der Waals surface area contributed by atoms with Crippen LogP contribution in [0.4, 0.5) is 10.5 Å². The fraction of sp³-hybridized carbons (Fsp3) is 0.500. The first kappa shape index (κ1) is 15.3. The zero-order chi connectivity index (χ0) is 15.1. The highest BCUT2D eigenvalue weighted by atomic mass is 16.3. The van der Waals surface area contributed by atoms with Crippen molar-refractivity contribution in [2.75, 3.05) is 18.5 Å². The molecule has 1 aromatic rings. The number of carbonyl (C=O) groups excluding carboxylic acids is 1. The molecule has 0 unspecified atom stereocenters. The molecule has 5 nitrogen and oxygen atoms in total. The van der Waals surface area contributed by atoms with E-state index >= 15 is 0 Å². The molecule has 5 heteroatoms. The first-order valence-electron chi connectivity index (χ1n) is 7.43. The van der Waals surface area contributed by atoms with Crippen LogP contribution in [0, 0.1) is 11.3 Å². The van der Waals surface area contributed by atoms with Gasteiger partial charge in [-0.15, -0.1) is 0 Å². The third kappa shape index (κ3) is 4.20. The van der Waals surface area contributed by atoms with Gasteiger partial charge in [-0.05, 0) is 37.1 Å². The van der Waals surface area contributed by atoms with Crippen molar-refractivity contribution in [2.24, 2.45) is 0 Å². The van der Waals surface area contributed by atoms with E-state index in [4.69, 9.17) is 5.26 Å². The second-order valence-electron chi connectivity index (χ2n) is 5.33. The molecule has 112 valence electrons. The molecule has 1 aromatic carbocycles. The van der Waals surface area contributed by atoms with E-state index < -0.39 is 0 Å². The average Bonchev–Trinajstić information content (AvgIpc) is 2.54. The summed E-state index contributed by atoms with van der Waals surface area (Å²) < 4.78 is 0. The highest BCUT2D eigenvalue weighted by molar-refractivity contribution is 5.89. The van der Waals surface area contributed by atoms with Crippen molar-refractivity contribution in [2.45, 2.75) is 38.1 Å². The van der Waals surface area contributed by atoms with E-state index in [1.807, 2.05) is 6.07 Å². The molecule has 0 aromatic heterocycles. The van der Waals surface area contributed by atoms with Crippen molar-refractivity contribution in [3.8, 4) is 6.07 Å². The summed E-state index contributed by atoms with van der Waals surface area (Å²) in [6, 6.07) is 8.86. The number of nitrogens with zero attached hydrogens (tertiary/aromatic N) is 2. The Morgan fingerprint density at radius 1 is 1.29 bits per heavy atom. The molecule has 0 spiro atoms. The lowest BCUT2D eigenvalue weighted by molar-refractivity contribution is 0.144. The molecule has 1 aliphatic rings. The van der Waals surface area contributed by atoms with Crippen molar-refractivity contribution in [1.82, 2.24) is 4.90 Å². The van der Waals surface area contributed by atoms with Gasteiger partial charge in [-0.3, -0.25) is 0 Å². The molecule has 2 N–H and O–H groups in total. The van der Waals surface area contributed by atoms with E-state index in [0.717, 1.165) is 25.7 Å². The molecule has 0 bridgehead atoms. The van der Waals surface area contributed by atoms with Gasteiger partial charge in [0.15, 0.2) is 0 Å². The summed E-state index contributed by atoms with van der Waals surface area (Å²) in [7, 11) is 0. The van der Waals surface area contributed by atoms with Crippen LogP contribution in [-0.2, 0) is 0 Å². The number of aliphatic hydroxyl groups is 1. The maximum atomic E-state index is 12.4. The van der Waals surface area contributed by atoms with E-state index in [0.29, 0.717) is 17.8 Å². The Kier molecular flexibility index (Phi) is 5.59. The molecule has 0 saturated heterocycles. The second-order valence-corrected chi connectivity index (χ2v) is 5.33. The minimum Gasteiger partial charge on any atom is -0.395 e. The Labute approximate surface area is 125 Å². The summed E-state index contributed by atoms with van der Waals surface area (Å²) in [6.07, 6.45) is 5.50. The predicted octanol–water partition coefficient (Wildman–Crippen LogP) is 2.72. The van der Waals surface area contributed by atoms with Gasteiger partial charge in [-0.2, -0.15) is 5.26 Å². The number of anilines is 1. The van der Waals surface area contributed by atoms with Crippen molar-refractivity contribution >= 4 is 11.7 Å². The van der Waals surface area contributed by atoms with Crippen LogP contribution in [0.2, 0.25) is 0 Å². The van der Waals surface area contributed by atoms with Crippen molar-refractivity contribution in [1.29, 1.82) is 5.26 Å². The average molecular weight is 287 g/mol. The first-order chi connectivity index (χ1) is 10.2. The number of carbonyl (C=O) groups is 1. The molecular formula is C16H21N3O2. The third-order valence-electron chi connectivity index (χ3n) is 3.88. The van der Waals surface area contributed by atoms with Crippen molar-refractivity contribution in [3.63, 3.8) is 0 Å². The number of nitriles is 1. The summed E-state index contributed by atoms with van der Waals surface area (Å²) in [5, 5.41) is 20.8. The van der Waals surface area contributed by atoms with Crippen LogP contribution in [-0.4, -0.2) is 35.2 Å². The fourth-order valence-electron chi connectivity index (χ4n) is 2.77. The van der Waals surface area contributed by atoms with E-state index in [-0.39, 0.29) is 18.7 Å². The van der Waals surface area contributed by atoms with Crippen LogP contribution in [0.5, 0.6) is 0 Å². The van der Waals surface area contributed by atoms with Gasteiger partial charge in [0.1, 0.15) is 0 Å². The number of hydrogen-bond donors (Lipinski definition) is 2. The number of amides is 2. The summed E-state index contributed by atoms with van der Waals surface area (Å²) >= 11 is 0. The van der Waals surface area contributed by atoms with Crippen LogP contribution in [0.1, 0.15) is 37.7 Å². The molecule has 2 amide bonds. The minimum absolute atomic E-state index is 0.0305. The van der Waals surface area contributed by atoms with Gasteiger partial charge in [-0.25, -0.2) is 4.79 Å². The summed E-state index contributed by atoms with van der Waals surface area (Å²) in [6.45, 7) is 0.323. The van der Waals surface area contributed by atoms with Gasteiger partial charge in [0.05, 0.1) is 18.2 Å². The normalized spacial score (nSPS) is 15.2. The fourth-order valence-corrected chi connectivity index (χ4v) is 2.77. The monoisotopic (exact) mass is 287 g/mol. The lowest BCUT2D eigenvalue weighted by Gasteiger charge is -2.34. The smallest absolute Gasteiger partial charge is 0.322 e. The lowest BCUT2D eigenvalue weighted by Crippen LogP contribution is -2.45. The second kappa shape index (κ2) is 7.65. The summed E-state index contributed by atoms with van der Waals surface area (Å²) in [4.78, 5) is 14.1. The number of nitrogens with one attached hydrogen (secondary N) is 1. The van der Waals surface area contributed by atoms with Gasteiger partial charge in [0, 0.05) is 18.3 Å². The zero-order valence-electron chi connectivity index (χ0n) is 12.1. The molecule has 0 aliphatic heterocycles. The Morgan fingerprint density at radius 2 is 1.95 bits per heavy atom. The molecule has 1 fully saturated rings. The lowest BCUT2D eigenvalue weighted by atomic mass is 9.94. The largest absolute Gasteiger partial charge is 0.395 e. The Balaban J connectivity index is 2.01. The molecular weight excluding hydrogens is 266 g/mol. The van der Waals surface area contributed by atoms with E-state index in [2.05, 4.69) is 5.32 Å². The van der Waals surface area contributed by atoms with E-state index in [9.17, 15) is 9.90 Å². The molecule has 0 atom stereocenters. The Bertz CT molecular complexity index is 501. The first-order valence-corrected chi connectivity index (χ1v) is 7.43.